The standard InChI is InChI=1S/C14H21NO4/c1-10(16)13(14(17)19-3)9-15-8-11-4-6-12(18-2)7-5-11/h4-7,10,13,15-16H,8-9H2,1-3H3/t10-,13-/m1/s1. The van der Waals surface area contributed by atoms with Gasteiger partial charge in [0.1, 0.15) is 5.75 Å². The molecule has 106 valence electrons. The third kappa shape index (κ3) is 4.89. The van der Waals surface area contributed by atoms with E-state index >= 15 is 0 Å². The smallest absolute Gasteiger partial charge is 0.312 e. The lowest BCUT2D eigenvalue weighted by Gasteiger charge is -2.18. The minimum atomic E-state index is -0.740. The molecular formula is C14H21NO4. The van der Waals surface area contributed by atoms with Crippen LogP contribution < -0.4 is 10.1 Å². The van der Waals surface area contributed by atoms with Crippen molar-refractivity contribution in [2.24, 2.45) is 5.92 Å². The Balaban J connectivity index is 2.45. The molecular weight excluding hydrogens is 246 g/mol. The lowest BCUT2D eigenvalue weighted by molar-refractivity contribution is -0.148. The number of carbonyl (C=O) groups is 1. The summed E-state index contributed by atoms with van der Waals surface area (Å²) in [6, 6.07) is 7.65. The van der Waals surface area contributed by atoms with E-state index in [1.54, 1.807) is 14.0 Å². The fourth-order valence-corrected chi connectivity index (χ4v) is 1.72. The average Bonchev–Trinajstić information content (AvgIpc) is 2.43. The molecule has 0 aliphatic carbocycles. The SMILES string of the molecule is COC(=O)[C@H](CNCc1ccc(OC)cc1)[C@@H](C)O. The van der Waals surface area contributed by atoms with Crippen LogP contribution >= 0.6 is 0 Å². The van der Waals surface area contributed by atoms with Crippen LogP contribution in [0.2, 0.25) is 0 Å². The van der Waals surface area contributed by atoms with Crippen LogP contribution in [0, 0.1) is 5.92 Å². The highest BCUT2D eigenvalue weighted by Gasteiger charge is 2.23. The van der Waals surface area contributed by atoms with Crippen molar-refractivity contribution in [2.45, 2.75) is 19.6 Å². The Morgan fingerprint density at radius 2 is 1.95 bits per heavy atom. The topological polar surface area (TPSA) is 67.8 Å². The van der Waals surface area contributed by atoms with Crippen LogP contribution in [-0.4, -0.2) is 37.9 Å². The maximum absolute atomic E-state index is 11.4. The number of carbonyl (C=O) groups excluding carboxylic acids is 1. The van der Waals surface area contributed by atoms with E-state index in [0.29, 0.717) is 13.1 Å². The number of rotatable bonds is 7. The second-order valence-electron chi connectivity index (χ2n) is 4.35. The van der Waals surface area contributed by atoms with Crippen LogP contribution in [-0.2, 0) is 16.1 Å². The number of hydrogen-bond donors (Lipinski definition) is 2. The van der Waals surface area contributed by atoms with Crippen molar-refractivity contribution >= 4 is 5.97 Å². The third-order valence-electron chi connectivity index (χ3n) is 2.94. The maximum atomic E-state index is 11.4. The van der Waals surface area contributed by atoms with E-state index in [4.69, 9.17) is 4.74 Å². The zero-order chi connectivity index (χ0) is 14.3. The second kappa shape index (κ2) is 7.76. The predicted molar refractivity (Wildman–Crippen MR) is 71.9 cm³/mol. The lowest BCUT2D eigenvalue weighted by atomic mass is 10.0. The van der Waals surface area contributed by atoms with Gasteiger partial charge in [0.05, 0.1) is 26.2 Å². The molecule has 1 aromatic carbocycles. The van der Waals surface area contributed by atoms with E-state index in [-0.39, 0.29) is 0 Å². The van der Waals surface area contributed by atoms with E-state index in [9.17, 15) is 9.90 Å². The van der Waals surface area contributed by atoms with Crippen molar-refractivity contribution in [2.75, 3.05) is 20.8 Å². The normalized spacial score (nSPS) is 13.7. The summed E-state index contributed by atoms with van der Waals surface area (Å²) in [5.74, 6) is -0.152. The van der Waals surface area contributed by atoms with E-state index in [2.05, 4.69) is 10.1 Å². The largest absolute Gasteiger partial charge is 0.497 e. The second-order valence-corrected chi connectivity index (χ2v) is 4.35. The van der Waals surface area contributed by atoms with Crippen LogP contribution in [0.15, 0.2) is 24.3 Å². The molecule has 19 heavy (non-hydrogen) atoms. The zero-order valence-corrected chi connectivity index (χ0v) is 11.6. The summed E-state index contributed by atoms with van der Waals surface area (Å²) in [4.78, 5) is 11.4. The summed E-state index contributed by atoms with van der Waals surface area (Å²) in [6.45, 7) is 2.57. The molecule has 0 bridgehead atoms. The molecule has 0 aliphatic heterocycles. The molecule has 0 unspecified atom stereocenters. The minimum absolute atomic E-state index is 0.371. The molecule has 0 aromatic heterocycles. The monoisotopic (exact) mass is 267 g/mol. The first-order valence-corrected chi connectivity index (χ1v) is 6.18. The molecule has 0 spiro atoms. The van der Waals surface area contributed by atoms with Gasteiger partial charge in [-0.3, -0.25) is 4.79 Å². The summed E-state index contributed by atoms with van der Waals surface area (Å²) < 4.78 is 9.73. The summed E-state index contributed by atoms with van der Waals surface area (Å²) in [7, 11) is 2.94. The van der Waals surface area contributed by atoms with Gasteiger partial charge < -0.3 is 19.9 Å². The maximum Gasteiger partial charge on any atom is 0.312 e. The Bertz CT molecular complexity index is 389. The molecule has 1 aromatic rings. The number of hydrogen-bond acceptors (Lipinski definition) is 5. The van der Waals surface area contributed by atoms with Gasteiger partial charge in [0.15, 0.2) is 0 Å². The Morgan fingerprint density at radius 1 is 1.32 bits per heavy atom. The van der Waals surface area contributed by atoms with Crippen LogP contribution in [0.4, 0.5) is 0 Å². The van der Waals surface area contributed by atoms with Gasteiger partial charge in [-0.2, -0.15) is 0 Å². The highest BCUT2D eigenvalue weighted by molar-refractivity contribution is 5.73. The summed E-state index contributed by atoms with van der Waals surface area (Å²) >= 11 is 0. The molecule has 2 atom stereocenters. The summed E-state index contributed by atoms with van der Waals surface area (Å²) in [6.07, 6.45) is -0.740. The van der Waals surface area contributed by atoms with Crippen molar-refractivity contribution in [1.29, 1.82) is 0 Å². The van der Waals surface area contributed by atoms with Gasteiger partial charge in [0.2, 0.25) is 0 Å². The molecule has 0 saturated carbocycles. The zero-order valence-electron chi connectivity index (χ0n) is 11.6. The Labute approximate surface area is 113 Å². The van der Waals surface area contributed by atoms with Crippen LogP contribution in [0.3, 0.4) is 0 Å². The Hall–Kier alpha value is -1.59. The first kappa shape index (κ1) is 15.5. The molecule has 2 N–H and O–H groups in total. The van der Waals surface area contributed by atoms with Gasteiger partial charge in [-0.1, -0.05) is 12.1 Å². The minimum Gasteiger partial charge on any atom is -0.497 e. The lowest BCUT2D eigenvalue weighted by Crippen LogP contribution is -2.36. The molecule has 0 heterocycles. The number of ether oxygens (including phenoxy) is 2. The quantitative estimate of drug-likeness (QED) is 0.720. The molecule has 5 heteroatoms. The van der Waals surface area contributed by atoms with Gasteiger partial charge in [-0.25, -0.2) is 0 Å². The van der Waals surface area contributed by atoms with E-state index < -0.39 is 18.0 Å². The Kier molecular flexibility index (Phi) is 6.32. The first-order chi connectivity index (χ1) is 9.08. The highest BCUT2D eigenvalue weighted by atomic mass is 16.5. The fraction of sp³-hybridized carbons (Fsp3) is 0.500. The molecule has 1 rings (SSSR count). The highest BCUT2D eigenvalue weighted by Crippen LogP contribution is 2.11. The number of aliphatic hydroxyl groups excluding tert-OH is 1. The number of benzene rings is 1. The summed E-state index contributed by atoms with van der Waals surface area (Å²) in [5.41, 5.74) is 1.08. The van der Waals surface area contributed by atoms with E-state index in [1.165, 1.54) is 7.11 Å². The van der Waals surface area contributed by atoms with Crippen LogP contribution in [0.25, 0.3) is 0 Å². The van der Waals surface area contributed by atoms with Gasteiger partial charge in [0.25, 0.3) is 0 Å². The molecule has 0 aliphatic rings. The van der Waals surface area contributed by atoms with E-state index in [1.807, 2.05) is 24.3 Å². The van der Waals surface area contributed by atoms with Crippen molar-refractivity contribution in [3.8, 4) is 5.75 Å². The van der Waals surface area contributed by atoms with Gasteiger partial charge in [0, 0.05) is 13.1 Å². The van der Waals surface area contributed by atoms with Crippen LogP contribution in [0.5, 0.6) is 5.75 Å². The molecule has 0 fully saturated rings. The third-order valence-corrected chi connectivity index (χ3v) is 2.94. The molecule has 0 radical (unpaired) electrons. The molecule has 0 amide bonds. The average molecular weight is 267 g/mol. The molecule has 0 saturated heterocycles. The first-order valence-electron chi connectivity index (χ1n) is 6.18. The van der Waals surface area contributed by atoms with Gasteiger partial charge in [-0.15, -0.1) is 0 Å². The number of nitrogens with one attached hydrogen (secondary N) is 1. The number of methoxy groups -OCH3 is 2. The number of aliphatic hydroxyl groups is 1. The number of esters is 1. The van der Waals surface area contributed by atoms with Crippen molar-refractivity contribution in [3.05, 3.63) is 29.8 Å². The Morgan fingerprint density at radius 3 is 2.42 bits per heavy atom. The van der Waals surface area contributed by atoms with Gasteiger partial charge in [-0.05, 0) is 24.6 Å². The van der Waals surface area contributed by atoms with E-state index in [0.717, 1.165) is 11.3 Å². The van der Waals surface area contributed by atoms with Crippen molar-refractivity contribution in [1.82, 2.24) is 5.32 Å². The summed E-state index contributed by atoms with van der Waals surface area (Å²) in [5, 5.41) is 12.7. The van der Waals surface area contributed by atoms with Gasteiger partial charge >= 0.3 is 5.97 Å². The molecule has 5 nitrogen and oxygen atoms in total. The van der Waals surface area contributed by atoms with Crippen LogP contribution in [0.1, 0.15) is 12.5 Å². The van der Waals surface area contributed by atoms with Crippen molar-refractivity contribution < 1.29 is 19.4 Å². The van der Waals surface area contributed by atoms with Crippen molar-refractivity contribution in [3.63, 3.8) is 0 Å². The predicted octanol–water partition coefficient (Wildman–Crippen LogP) is 0.955. The fourth-order valence-electron chi connectivity index (χ4n) is 1.72.